The molecule has 0 saturated heterocycles. The molecule has 3 aromatic rings. The lowest BCUT2D eigenvalue weighted by Gasteiger charge is -2.27. The first-order valence-electron chi connectivity index (χ1n) is 10.8. The van der Waals surface area contributed by atoms with Crippen LogP contribution in [0, 0.1) is 0 Å². The fourth-order valence-corrected chi connectivity index (χ4v) is 4.06. The number of aliphatic hydroxyl groups excluding tert-OH is 1. The maximum Gasteiger partial charge on any atom is 0.119 e. The Morgan fingerprint density at radius 2 is 1.63 bits per heavy atom. The summed E-state index contributed by atoms with van der Waals surface area (Å²) in [6.45, 7) is 9.25. The van der Waals surface area contributed by atoms with Crippen LogP contribution in [0.15, 0.2) is 84.1 Å². The van der Waals surface area contributed by atoms with Crippen molar-refractivity contribution in [2.45, 2.75) is 46.7 Å². The second-order valence-electron chi connectivity index (χ2n) is 8.20. The highest BCUT2D eigenvalue weighted by Crippen LogP contribution is 2.36. The van der Waals surface area contributed by atoms with Crippen LogP contribution in [0.2, 0.25) is 0 Å². The maximum atomic E-state index is 10.9. The molecule has 0 spiro atoms. The fourth-order valence-electron chi connectivity index (χ4n) is 4.06. The third-order valence-corrected chi connectivity index (χ3v) is 5.78. The highest BCUT2D eigenvalue weighted by atomic mass is 16.3. The topological polar surface area (TPSA) is 23.5 Å². The molecule has 0 saturated carbocycles. The number of hydrogen-bond acceptors (Lipinski definition) is 2. The van der Waals surface area contributed by atoms with Crippen LogP contribution in [-0.4, -0.2) is 17.1 Å². The third-order valence-electron chi connectivity index (χ3n) is 5.78. The largest absolute Gasteiger partial charge is 0.508 e. The first-order valence-corrected chi connectivity index (χ1v) is 10.8. The summed E-state index contributed by atoms with van der Waals surface area (Å²) in [6, 6.07) is 23.8. The summed E-state index contributed by atoms with van der Waals surface area (Å²) in [5.41, 5.74) is 5.74. The van der Waals surface area contributed by atoms with Crippen molar-refractivity contribution < 1.29 is 5.11 Å². The Bertz CT molecular complexity index is 1060. The van der Waals surface area contributed by atoms with Gasteiger partial charge in [0, 0.05) is 18.2 Å². The molecule has 0 amide bonds. The standard InChI is InChI=1S/C28H33NO/c1-6-12-26(30)27(20(2)3)28-24(18-17-23-15-10-11-16-25(23)28)19-29(5)21(4)22-13-8-7-9-14-22/h7-18,21,30H,6,19H2,1-5H3/b26-12+. The van der Waals surface area contributed by atoms with Crippen molar-refractivity contribution in [1.82, 2.24) is 4.90 Å². The minimum Gasteiger partial charge on any atom is -0.508 e. The number of benzene rings is 3. The van der Waals surface area contributed by atoms with Crippen molar-refractivity contribution in [3.63, 3.8) is 0 Å². The van der Waals surface area contributed by atoms with E-state index in [2.05, 4.69) is 106 Å². The second-order valence-corrected chi connectivity index (χ2v) is 8.20. The number of hydrogen-bond donors (Lipinski definition) is 1. The van der Waals surface area contributed by atoms with E-state index >= 15 is 0 Å². The lowest BCUT2D eigenvalue weighted by molar-refractivity contribution is 0.253. The molecule has 1 unspecified atom stereocenters. The zero-order valence-corrected chi connectivity index (χ0v) is 18.8. The molecular formula is C28H33NO. The Morgan fingerprint density at radius 3 is 2.30 bits per heavy atom. The van der Waals surface area contributed by atoms with Crippen LogP contribution >= 0.6 is 0 Å². The van der Waals surface area contributed by atoms with Gasteiger partial charge in [-0.1, -0.05) is 79.2 Å². The average molecular weight is 400 g/mol. The lowest BCUT2D eigenvalue weighted by atomic mass is 9.89. The van der Waals surface area contributed by atoms with Crippen molar-refractivity contribution in [1.29, 1.82) is 0 Å². The molecule has 0 radical (unpaired) electrons. The van der Waals surface area contributed by atoms with Crippen LogP contribution < -0.4 is 0 Å². The molecule has 156 valence electrons. The number of fused-ring (bicyclic) bond motifs is 1. The SMILES string of the molecule is CC/C=C(/O)C(=C(C)C)c1c(CN(C)C(C)c2ccccc2)ccc2ccccc12. The Kier molecular flexibility index (Phi) is 7.12. The Hall–Kier alpha value is -2.84. The van der Waals surface area contributed by atoms with E-state index in [9.17, 15) is 5.11 Å². The predicted molar refractivity (Wildman–Crippen MR) is 130 cm³/mol. The van der Waals surface area contributed by atoms with Gasteiger partial charge in [-0.05, 0) is 67.8 Å². The van der Waals surface area contributed by atoms with E-state index in [1.54, 1.807) is 0 Å². The van der Waals surface area contributed by atoms with Gasteiger partial charge in [0.25, 0.3) is 0 Å². The van der Waals surface area contributed by atoms with Gasteiger partial charge in [0.2, 0.25) is 0 Å². The Balaban J connectivity index is 2.12. The van der Waals surface area contributed by atoms with E-state index < -0.39 is 0 Å². The molecule has 3 rings (SSSR count). The van der Waals surface area contributed by atoms with Gasteiger partial charge in [-0.3, -0.25) is 4.90 Å². The van der Waals surface area contributed by atoms with Crippen LogP contribution in [0.4, 0.5) is 0 Å². The zero-order valence-electron chi connectivity index (χ0n) is 18.8. The molecule has 0 aliphatic heterocycles. The minimum absolute atomic E-state index is 0.292. The second kappa shape index (κ2) is 9.77. The van der Waals surface area contributed by atoms with E-state index in [0.717, 1.165) is 29.7 Å². The number of aliphatic hydroxyl groups is 1. The highest BCUT2D eigenvalue weighted by Gasteiger charge is 2.19. The minimum atomic E-state index is 0.292. The van der Waals surface area contributed by atoms with Crippen molar-refractivity contribution >= 4 is 16.3 Å². The van der Waals surface area contributed by atoms with E-state index in [0.29, 0.717) is 11.8 Å². The first kappa shape index (κ1) is 21.9. The van der Waals surface area contributed by atoms with Gasteiger partial charge in [0.15, 0.2) is 0 Å². The van der Waals surface area contributed by atoms with Crippen molar-refractivity contribution in [3.8, 4) is 0 Å². The fraction of sp³-hybridized carbons (Fsp3) is 0.286. The van der Waals surface area contributed by atoms with Crippen LogP contribution in [0.1, 0.15) is 56.8 Å². The van der Waals surface area contributed by atoms with Gasteiger partial charge in [-0.15, -0.1) is 0 Å². The molecule has 0 aliphatic carbocycles. The van der Waals surface area contributed by atoms with Crippen LogP contribution in [0.5, 0.6) is 0 Å². The normalized spacial score (nSPS) is 12.9. The first-order chi connectivity index (χ1) is 14.4. The quantitative estimate of drug-likeness (QED) is 0.325. The maximum absolute atomic E-state index is 10.9. The lowest BCUT2D eigenvalue weighted by Crippen LogP contribution is -2.22. The third kappa shape index (κ3) is 4.66. The molecule has 0 aromatic heterocycles. The van der Waals surface area contributed by atoms with Crippen molar-refractivity contribution in [2.75, 3.05) is 7.05 Å². The zero-order chi connectivity index (χ0) is 21.7. The smallest absolute Gasteiger partial charge is 0.119 e. The molecular weight excluding hydrogens is 366 g/mol. The monoisotopic (exact) mass is 399 g/mol. The molecule has 30 heavy (non-hydrogen) atoms. The summed E-state index contributed by atoms with van der Waals surface area (Å²) in [5, 5.41) is 13.3. The Labute approximate surface area is 181 Å². The molecule has 1 N–H and O–H groups in total. The summed E-state index contributed by atoms with van der Waals surface area (Å²) in [4.78, 5) is 2.37. The predicted octanol–water partition coefficient (Wildman–Crippen LogP) is 7.68. The van der Waals surface area contributed by atoms with Gasteiger partial charge in [-0.25, -0.2) is 0 Å². The molecule has 1 atom stereocenters. The Morgan fingerprint density at radius 1 is 0.967 bits per heavy atom. The molecule has 0 aliphatic rings. The summed E-state index contributed by atoms with van der Waals surface area (Å²) in [6.07, 6.45) is 2.71. The van der Waals surface area contributed by atoms with Gasteiger partial charge >= 0.3 is 0 Å². The van der Waals surface area contributed by atoms with Crippen molar-refractivity contribution in [2.24, 2.45) is 0 Å². The average Bonchev–Trinajstić information content (AvgIpc) is 2.75. The van der Waals surface area contributed by atoms with E-state index in [-0.39, 0.29) is 0 Å². The molecule has 3 aromatic carbocycles. The van der Waals surface area contributed by atoms with Gasteiger partial charge in [0.05, 0.1) is 0 Å². The van der Waals surface area contributed by atoms with E-state index in [1.807, 2.05) is 6.08 Å². The molecule has 0 fully saturated rings. The summed E-state index contributed by atoms with van der Waals surface area (Å²) < 4.78 is 0. The summed E-state index contributed by atoms with van der Waals surface area (Å²) in [5.74, 6) is 0.369. The number of nitrogens with zero attached hydrogens (tertiary/aromatic N) is 1. The van der Waals surface area contributed by atoms with Gasteiger partial charge in [0.1, 0.15) is 5.76 Å². The van der Waals surface area contributed by atoms with Crippen LogP contribution in [0.3, 0.4) is 0 Å². The number of allylic oxidation sites excluding steroid dienone is 3. The van der Waals surface area contributed by atoms with E-state index in [1.165, 1.54) is 21.9 Å². The number of rotatable bonds is 7. The summed E-state index contributed by atoms with van der Waals surface area (Å²) >= 11 is 0. The summed E-state index contributed by atoms with van der Waals surface area (Å²) in [7, 11) is 2.17. The highest BCUT2D eigenvalue weighted by molar-refractivity contribution is 5.99. The van der Waals surface area contributed by atoms with Gasteiger partial charge < -0.3 is 5.11 Å². The van der Waals surface area contributed by atoms with Crippen LogP contribution in [-0.2, 0) is 6.54 Å². The van der Waals surface area contributed by atoms with Crippen LogP contribution in [0.25, 0.3) is 16.3 Å². The molecule has 2 heteroatoms. The van der Waals surface area contributed by atoms with E-state index in [4.69, 9.17) is 0 Å². The molecule has 0 bridgehead atoms. The molecule has 0 heterocycles. The molecule has 2 nitrogen and oxygen atoms in total. The van der Waals surface area contributed by atoms with Crippen molar-refractivity contribution in [3.05, 3.63) is 101 Å². The van der Waals surface area contributed by atoms with Gasteiger partial charge in [-0.2, -0.15) is 0 Å².